The number of anilines is 2. The van der Waals surface area contributed by atoms with Crippen molar-refractivity contribution in [3.63, 3.8) is 0 Å². The molecule has 0 aliphatic heterocycles. The molecule has 4 nitrogen and oxygen atoms in total. The fourth-order valence-corrected chi connectivity index (χ4v) is 1.81. The highest BCUT2D eigenvalue weighted by molar-refractivity contribution is 5.93. The Kier molecular flexibility index (Phi) is 4.83. The van der Waals surface area contributed by atoms with Gasteiger partial charge in [0.1, 0.15) is 11.6 Å². The predicted molar refractivity (Wildman–Crippen MR) is 77.5 cm³/mol. The number of halogens is 4. The number of hydrogen-bond donors (Lipinski definition) is 1. The third-order valence-corrected chi connectivity index (χ3v) is 2.98. The quantitative estimate of drug-likeness (QED) is 0.876. The lowest BCUT2D eigenvalue weighted by Gasteiger charge is -2.18. The van der Waals surface area contributed by atoms with Crippen LogP contribution in [0.3, 0.4) is 0 Å². The first-order chi connectivity index (χ1) is 10.8. The van der Waals surface area contributed by atoms with Gasteiger partial charge in [-0.15, -0.1) is 0 Å². The molecular formula is C15H13F4N3O. The third kappa shape index (κ3) is 4.67. The Labute approximate surface area is 129 Å². The highest BCUT2D eigenvalue weighted by Crippen LogP contribution is 2.29. The largest absolute Gasteiger partial charge is 0.417 e. The molecule has 0 atom stereocenters. The lowest BCUT2D eigenvalue weighted by Crippen LogP contribution is -2.30. The maximum atomic E-state index is 12.8. The van der Waals surface area contributed by atoms with Gasteiger partial charge in [0.15, 0.2) is 0 Å². The molecular weight excluding hydrogens is 314 g/mol. The Bertz CT molecular complexity index is 669. The molecule has 1 aromatic carbocycles. The standard InChI is InChI=1S/C15H13F4N3O/c1-22(13-7-2-10(8-20-13)15(17,18)19)9-14(23)21-12-5-3-11(16)4-6-12/h2-8H,9H2,1H3,(H,21,23). The summed E-state index contributed by atoms with van der Waals surface area (Å²) in [5.41, 5.74) is -0.435. The van der Waals surface area contributed by atoms with Crippen molar-refractivity contribution in [2.75, 3.05) is 23.8 Å². The molecule has 1 amide bonds. The van der Waals surface area contributed by atoms with Crippen molar-refractivity contribution >= 4 is 17.4 Å². The van der Waals surface area contributed by atoms with Crippen molar-refractivity contribution < 1.29 is 22.4 Å². The third-order valence-electron chi connectivity index (χ3n) is 2.98. The van der Waals surface area contributed by atoms with Crippen LogP contribution in [-0.2, 0) is 11.0 Å². The van der Waals surface area contributed by atoms with E-state index in [2.05, 4.69) is 10.3 Å². The van der Waals surface area contributed by atoms with Gasteiger partial charge in [0.25, 0.3) is 0 Å². The molecule has 1 heterocycles. The van der Waals surface area contributed by atoms with Crippen molar-refractivity contribution in [3.8, 4) is 0 Å². The van der Waals surface area contributed by atoms with E-state index in [0.717, 1.165) is 6.07 Å². The summed E-state index contributed by atoms with van der Waals surface area (Å²) in [6, 6.07) is 7.31. The molecule has 122 valence electrons. The molecule has 1 aromatic heterocycles. The number of pyridine rings is 1. The van der Waals surface area contributed by atoms with Crippen molar-refractivity contribution in [1.29, 1.82) is 0 Å². The molecule has 0 aliphatic carbocycles. The van der Waals surface area contributed by atoms with Crippen LogP contribution in [-0.4, -0.2) is 24.5 Å². The van der Waals surface area contributed by atoms with Crippen molar-refractivity contribution in [2.45, 2.75) is 6.18 Å². The normalized spacial score (nSPS) is 11.2. The zero-order chi connectivity index (χ0) is 17.0. The first-order valence-electron chi connectivity index (χ1n) is 6.55. The van der Waals surface area contributed by atoms with E-state index >= 15 is 0 Å². The van der Waals surface area contributed by atoms with Gasteiger partial charge in [-0.25, -0.2) is 9.37 Å². The van der Waals surface area contributed by atoms with E-state index in [-0.39, 0.29) is 12.4 Å². The molecule has 0 bridgehead atoms. The number of carbonyl (C=O) groups excluding carboxylic acids is 1. The highest BCUT2D eigenvalue weighted by Gasteiger charge is 2.30. The number of benzene rings is 1. The summed E-state index contributed by atoms with van der Waals surface area (Å²) in [6.45, 7) is -0.115. The van der Waals surface area contributed by atoms with Crippen LogP contribution in [0.1, 0.15) is 5.56 Å². The van der Waals surface area contributed by atoms with E-state index in [9.17, 15) is 22.4 Å². The summed E-state index contributed by atoms with van der Waals surface area (Å²) < 4.78 is 50.1. The molecule has 1 N–H and O–H groups in total. The number of hydrogen-bond acceptors (Lipinski definition) is 3. The molecule has 0 unspecified atom stereocenters. The molecule has 0 radical (unpaired) electrons. The number of alkyl halides is 3. The molecule has 0 saturated heterocycles. The summed E-state index contributed by atoms with van der Waals surface area (Å²) in [5, 5.41) is 2.55. The monoisotopic (exact) mass is 327 g/mol. The first-order valence-corrected chi connectivity index (χ1v) is 6.55. The van der Waals surface area contributed by atoms with E-state index in [1.54, 1.807) is 0 Å². The first kappa shape index (κ1) is 16.7. The molecule has 0 spiro atoms. The molecule has 0 saturated carbocycles. The fourth-order valence-electron chi connectivity index (χ4n) is 1.81. The van der Waals surface area contributed by atoms with Gasteiger partial charge in [-0.1, -0.05) is 0 Å². The van der Waals surface area contributed by atoms with E-state index in [1.165, 1.54) is 42.3 Å². The van der Waals surface area contributed by atoms with Crippen molar-refractivity contribution in [1.82, 2.24) is 4.98 Å². The highest BCUT2D eigenvalue weighted by atomic mass is 19.4. The summed E-state index contributed by atoms with van der Waals surface area (Å²) in [7, 11) is 1.53. The van der Waals surface area contributed by atoms with Gasteiger partial charge in [0.05, 0.1) is 12.1 Å². The SMILES string of the molecule is CN(CC(=O)Nc1ccc(F)cc1)c1ccc(C(F)(F)F)cn1. The lowest BCUT2D eigenvalue weighted by atomic mass is 10.2. The molecule has 0 aliphatic rings. The molecule has 23 heavy (non-hydrogen) atoms. The summed E-state index contributed by atoms with van der Waals surface area (Å²) in [6.07, 6.45) is -3.74. The zero-order valence-electron chi connectivity index (χ0n) is 12.1. The number of carbonyl (C=O) groups is 1. The van der Waals surface area contributed by atoms with Gasteiger partial charge in [-0.05, 0) is 36.4 Å². The number of nitrogens with one attached hydrogen (secondary N) is 1. The summed E-state index contributed by atoms with van der Waals surface area (Å²) >= 11 is 0. The van der Waals surface area contributed by atoms with Gasteiger partial charge < -0.3 is 10.2 Å². The zero-order valence-corrected chi connectivity index (χ0v) is 12.1. The van der Waals surface area contributed by atoms with Gasteiger partial charge in [0.2, 0.25) is 5.91 Å². The van der Waals surface area contributed by atoms with E-state index in [1.807, 2.05) is 0 Å². The Hall–Kier alpha value is -2.64. The fraction of sp³-hybridized carbons (Fsp3) is 0.200. The maximum absolute atomic E-state index is 12.8. The lowest BCUT2D eigenvalue weighted by molar-refractivity contribution is -0.137. The molecule has 0 fully saturated rings. The van der Waals surface area contributed by atoms with E-state index in [0.29, 0.717) is 11.9 Å². The van der Waals surface area contributed by atoms with Crippen LogP contribution >= 0.6 is 0 Å². The second kappa shape index (κ2) is 6.64. The number of likely N-dealkylation sites (N-methyl/N-ethyl adjacent to an activating group) is 1. The summed E-state index contributed by atoms with van der Waals surface area (Å²) in [5.74, 6) is -0.595. The Morgan fingerprint density at radius 3 is 2.35 bits per heavy atom. The van der Waals surface area contributed by atoms with Crippen LogP contribution < -0.4 is 10.2 Å². The average Bonchev–Trinajstić information content (AvgIpc) is 2.49. The molecule has 2 aromatic rings. The van der Waals surface area contributed by atoms with Crippen LogP contribution in [0, 0.1) is 5.82 Å². The predicted octanol–water partition coefficient (Wildman–Crippen LogP) is 3.31. The van der Waals surface area contributed by atoms with Gasteiger partial charge in [-0.2, -0.15) is 13.2 Å². The average molecular weight is 327 g/mol. The topological polar surface area (TPSA) is 45.2 Å². The minimum Gasteiger partial charge on any atom is -0.350 e. The van der Waals surface area contributed by atoms with Crippen LogP contribution in [0.4, 0.5) is 29.1 Å². The van der Waals surface area contributed by atoms with E-state index < -0.39 is 23.5 Å². The van der Waals surface area contributed by atoms with Crippen LogP contribution in [0.15, 0.2) is 42.6 Å². The second-order valence-corrected chi connectivity index (χ2v) is 4.81. The number of nitrogens with zero attached hydrogens (tertiary/aromatic N) is 2. The smallest absolute Gasteiger partial charge is 0.350 e. The minimum absolute atomic E-state index is 0.115. The number of rotatable bonds is 4. The molecule has 2 rings (SSSR count). The van der Waals surface area contributed by atoms with Crippen LogP contribution in [0.2, 0.25) is 0 Å². The van der Waals surface area contributed by atoms with Crippen molar-refractivity contribution in [2.24, 2.45) is 0 Å². The second-order valence-electron chi connectivity index (χ2n) is 4.81. The number of aromatic nitrogens is 1. The summed E-state index contributed by atoms with van der Waals surface area (Å²) in [4.78, 5) is 16.9. The Morgan fingerprint density at radius 2 is 1.83 bits per heavy atom. The minimum atomic E-state index is -4.45. The Morgan fingerprint density at radius 1 is 1.17 bits per heavy atom. The van der Waals surface area contributed by atoms with Gasteiger partial charge >= 0.3 is 6.18 Å². The van der Waals surface area contributed by atoms with Gasteiger partial charge in [-0.3, -0.25) is 4.79 Å². The maximum Gasteiger partial charge on any atom is 0.417 e. The number of amides is 1. The molecule has 8 heteroatoms. The van der Waals surface area contributed by atoms with Gasteiger partial charge in [0, 0.05) is 18.9 Å². The Balaban J connectivity index is 1.96. The van der Waals surface area contributed by atoms with Crippen LogP contribution in [0.25, 0.3) is 0 Å². The van der Waals surface area contributed by atoms with Crippen molar-refractivity contribution in [3.05, 3.63) is 54.0 Å². The van der Waals surface area contributed by atoms with Crippen LogP contribution in [0.5, 0.6) is 0 Å². The van der Waals surface area contributed by atoms with E-state index in [4.69, 9.17) is 0 Å².